The molecule has 0 spiro atoms. The maximum atomic E-state index is 11.0. The van der Waals surface area contributed by atoms with Crippen molar-refractivity contribution < 1.29 is 5.11 Å². The SMILES string of the molecule is C=C[C@@H]1CN2CCC1C[C@H]2[C@@H](O)c1ccnc2ccccc12. The van der Waals surface area contributed by atoms with Gasteiger partial charge in [-0.2, -0.15) is 0 Å². The summed E-state index contributed by atoms with van der Waals surface area (Å²) in [6, 6.07) is 10.3. The molecular formula is C19H22N2O. The first kappa shape index (κ1) is 13.9. The number of benzene rings is 1. The number of piperidine rings is 3. The van der Waals surface area contributed by atoms with Crippen LogP contribution in [0.15, 0.2) is 49.2 Å². The fourth-order valence-corrected chi connectivity index (χ4v) is 4.29. The van der Waals surface area contributed by atoms with Gasteiger partial charge in [0.25, 0.3) is 0 Å². The summed E-state index contributed by atoms with van der Waals surface area (Å²) < 4.78 is 0. The minimum atomic E-state index is -0.443. The van der Waals surface area contributed by atoms with Crippen molar-refractivity contribution in [1.82, 2.24) is 9.88 Å². The normalized spacial score (nSPS) is 32.0. The molecule has 5 atom stereocenters. The van der Waals surface area contributed by atoms with Gasteiger partial charge in [-0.25, -0.2) is 0 Å². The summed E-state index contributed by atoms with van der Waals surface area (Å²) in [4.78, 5) is 6.86. The van der Waals surface area contributed by atoms with Crippen LogP contribution in [0.4, 0.5) is 0 Å². The van der Waals surface area contributed by atoms with Gasteiger partial charge in [-0.15, -0.1) is 6.58 Å². The van der Waals surface area contributed by atoms with Crippen LogP contribution in [-0.2, 0) is 0 Å². The Hall–Kier alpha value is -1.71. The summed E-state index contributed by atoms with van der Waals surface area (Å²) in [5.41, 5.74) is 1.97. The summed E-state index contributed by atoms with van der Waals surface area (Å²) in [7, 11) is 0. The number of fused-ring (bicyclic) bond motifs is 4. The number of nitrogens with zero attached hydrogens (tertiary/aromatic N) is 2. The molecule has 22 heavy (non-hydrogen) atoms. The van der Waals surface area contributed by atoms with Gasteiger partial charge in [0.05, 0.1) is 11.6 Å². The fraction of sp³-hybridized carbons (Fsp3) is 0.421. The molecule has 3 nitrogen and oxygen atoms in total. The van der Waals surface area contributed by atoms with E-state index in [1.165, 1.54) is 6.42 Å². The first-order valence-electron chi connectivity index (χ1n) is 8.16. The third-order valence-corrected chi connectivity index (χ3v) is 5.52. The molecule has 2 unspecified atom stereocenters. The second-order valence-corrected chi connectivity index (χ2v) is 6.61. The second kappa shape index (κ2) is 5.49. The van der Waals surface area contributed by atoms with Crippen LogP contribution in [0.25, 0.3) is 10.9 Å². The topological polar surface area (TPSA) is 36.4 Å². The molecule has 3 saturated heterocycles. The van der Waals surface area contributed by atoms with Crippen molar-refractivity contribution in [2.45, 2.75) is 25.0 Å². The molecule has 0 amide bonds. The predicted molar refractivity (Wildman–Crippen MR) is 88.5 cm³/mol. The molecule has 2 bridgehead atoms. The highest BCUT2D eigenvalue weighted by molar-refractivity contribution is 5.82. The van der Waals surface area contributed by atoms with E-state index in [-0.39, 0.29) is 6.04 Å². The van der Waals surface area contributed by atoms with Crippen LogP contribution < -0.4 is 0 Å². The monoisotopic (exact) mass is 294 g/mol. The lowest BCUT2D eigenvalue weighted by atomic mass is 9.73. The Morgan fingerprint density at radius 1 is 1.32 bits per heavy atom. The number of hydrogen-bond donors (Lipinski definition) is 1. The number of aliphatic hydroxyl groups is 1. The summed E-state index contributed by atoms with van der Waals surface area (Å²) >= 11 is 0. The Kier molecular flexibility index (Phi) is 3.47. The van der Waals surface area contributed by atoms with E-state index in [1.807, 2.05) is 30.5 Å². The van der Waals surface area contributed by atoms with E-state index in [0.717, 1.165) is 36.0 Å². The summed E-state index contributed by atoms with van der Waals surface area (Å²) in [5.74, 6) is 1.27. The van der Waals surface area contributed by atoms with Gasteiger partial charge in [0.15, 0.2) is 0 Å². The van der Waals surface area contributed by atoms with Gasteiger partial charge in [0.2, 0.25) is 0 Å². The lowest BCUT2D eigenvalue weighted by Gasteiger charge is -2.50. The highest BCUT2D eigenvalue weighted by Gasteiger charge is 2.42. The zero-order valence-electron chi connectivity index (χ0n) is 12.7. The zero-order valence-corrected chi connectivity index (χ0v) is 12.7. The van der Waals surface area contributed by atoms with Crippen LogP contribution in [0.1, 0.15) is 24.5 Å². The maximum absolute atomic E-state index is 11.0. The average Bonchev–Trinajstić information content (AvgIpc) is 2.60. The molecule has 3 aliphatic rings. The van der Waals surface area contributed by atoms with Crippen LogP contribution in [-0.4, -0.2) is 34.1 Å². The summed E-state index contributed by atoms with van der Waals surface area (Å²) in [6.45, 7) is 6.11. The molecule has 2 aromatic rings. The lowest BCUT2D eigenvalue weighted by Crippen LogP contribution is -2.54. The van der Waals surface area contributed by atoms with Gasteiger partial charge in [0, 0.05) is 24.2 Å². The molecule has 0 radical (unpaired) electrons. The number of pyridine rings is 1. The van der Waals surface area contributed by atoms with Gasteiger partial charge in [0.1, 0.15) is 0 Å². The summed E-state index contributed by atoms with van der Waals surface area (Å²) in [6.07, 6.45) is 5.76. The minimum absolute atomic E-state index is 0.223. The molecule has 3 aliphatic heterocycles. The van der Waals surface area contributed by atoms with Crippen molar-refractivity contribution >= 4 is 10.9 Å². The highest BCUT2D eigenvalue weighted by Crippen LogP contribution is 2.41. The van der Waals surface area contributed by atoms with Gasteiger partial charge in [-0.1, -0.05) is 24.3 Å². The molecule has 1 aromatic carbocycles. The van der Waals surface area contributed by atoms with Crippen molar-refractivity contribution in [2.75, 3.05) is 13.1 Å². The van der Waals surface area contributed by atoms with Crippen LogP contribution >= 0.6 is 0 Å². The Morgan fingerprint density at radius 2 is 2.18 bits per heavy atom. The molecule has 0 saturated carbocycles. The van der Waals surface area contributed by atoms with Gasteiger partial charge >= 0.3 is 0 Å². The summed E-state index contributed by atoms with van der Waals surface area (Å²) in [5, 5.41) is 12.1. The van der Waals surface area contributed by atoms with E-state index in [0.29, 0.717) is 11.8 Å². The van der Waals surface area contributed by atoms with Crippen molar-refractivity contribution in [3.63, 3.8) is 0 Å². The highest BCUT2D eigenvalue weighted by atomic mass is 16.3. The smallest absolute Gasteiger partial charge is 0.0952 e. The lowest BCUT2D eigenvalue weighted by molar-refractivity contribution is -0.0444. The maximum Gasteiger partial charge on any atom is 0.0952 e. The Balaban J connectivity index is 1.67. The average molecular weight is 294 g/mol. The number of aromatic nitrogens is 1. The van der Waals surface area contributed by atoms with Crippen LogP contribution in [0.5, 0.6) is 0 Å². The third-order valence-electron chi connectivity index (χ3n) is 5.52. The predicted octanol–water partition coefficient (Wildman–Crippen LogP) is 3.16. The number of para-hydroxylation sites is 1. The van der Waals surface area contributed by atoms with Gasteiger partial charge < -0.3 is 5.11 Å². The van der Waals surface area contributed by atoms with E-state index < -0.39 is 6.10 Å². The molecule has 5 rings (SSSR count). The van der Waals surface area contributed by atoms with Gasteiger partial charge in [-0.3, -0.25) is 9.88 Å². The van der Waals surface area contributed by atoms with E-state index >= 15 is 0 Å². The first-order chi connectivity index (χ1) is 10.8. The van der Waals surface area contributed by atoms with Crippen molar-refractivity contribution in [2.24, 2.45) is 11.8 Å². The van der Waals surface area contributed by atoms with Crippen LogP contribution in [0, 0.1) is 11.8 Å². The van der Waals surface area contributed by atoms with E-state index in [9.17, 15) is 5.11 Å². The van der Waals surface area contributed by atoms with Crippen molar-refractivity contribution in [1.29, 1.82) is 0 Å². The molecule has 4 heterocycles. The number of rotatable bonds is 3. The molecule has 3 heteroatoms. The molecule has 114 valence electrons. The van der Waals surface area contributed by atoms with E-state index in [2.05, 4.69) is 28.6 Å². The Labute approximate surface area is 131 Å². The molecule has 1 aromatic heterocycles. The minimum Gasteiger partial charge on any atom is -0.387 e. The van der Waals surface area contributed by atoms with Crippen LogP contribution in [0.2, 0.25) is 0 Å². The quantitative estimate of drug-likeness (QED) is 0.883. The van der Waals surface area contributed by atoms with E-state index in [4.69, 9.17) is 0 Å². The number of hydrogen-bond acceptors (Lipinski definition) is 3. The van der Waals surface area contributed by atoms with E-state index in [1.54, 1.807) is 0 Å². The first-order valence-corrected chi connectivity index (χ1v) is 8.16. The molecule has 1 N–H and O–H groups in total. The molecule has 3 fully saturated rings. The number of aliphatic hydroxyl groups excluding tert-OH is 1. The fourth-order valence-electron chi connectivity index (χ4n) is 4.29. The van der Waals surface area contributed by atoms with Crippen molar-refractivity contribution in [3.05, 3.63) is 54.7 Å². The molecular weight excluding hydrogens is 272 g/mol. The van der Waals surface area contributed by atoms with Crippen LogP contribution in [0.3, 0.4) is 0 Å². The third kappa shape index (κ3) is 2.16. The van der Waals surface area contributed by atoms with Gasteiger partial charge in [-0.05, 0) is 48.9 Å². The Bertz CT molecular complexity index is 693. The van der Waals surface area contributed by atoms with Crippen molar-refractivity contribution in [3.8, 4) is 0 Å². The largest absolute Gasteiger partial charge is 0.387 e. The standard InChI is InChI=1S/C19H22N2O/c1-2-13-12-21-10-8-14(13)11-18(21)19(22)16-7-9-20-17-6-4-3-5-15(16)17/h2-7,9,13-14,18-19,22H,1,8,10-12H2/t13-,14?,18+,19+/m1/s1. The molecule has 0 aliphatic carbocycles. The Morgan fingerprint density at radius 3 is 2.95 bits per heavy atom. The second-order valence-electron chi connectivity index (χ2n) is 6.61. The zero-order chi connectivity index (χ0) is 15.1.